The molecule has 35 heavy (non-hydrogen) atoms. The fraction of sp³-hybridized carbons (Fsp3) is 0.333. The molecule has 1 aliphatic rings. The predicted molar refractivity (Wildman–Crippen MR) is 124 cm³/mol. The van der Waals surface area contributed by atoms with Gasteiger partial charge in [0.25, 0.3) is 5.88 Å². The largest absolute Gasteiger partial charge is 0.484 e. The number of rotatable bonds is 5. The van der Waals surface area contributed by atoms with Gasteiger partial charge in [-0.3, -0.25) is 10.3 Å². The summed E-state index contributed by atoms with van der Waals surface area (Å²) in [5.41, 5.74) is 1.44. The molecule has 0 fully saturated rings. The van der Waals surface area contributed by atoms with E-state index in [0.29, 0.717) is 30.0 Å². The number of pyridine rings is 3. The zero-order valence-corrected chi connectivity index (χ0v) is 19.7. The van der Waals surface area contributed by atoms with Gasteiger partial charge in [0.1, 0.15) is 18.8 Å². The van der Waals surface area contributed by atoms with Gasteiger partial charge in [0.15, 0.2) is 29.0 Å². The lowest BCUT2D eigenvalue weighted by Crippen LogP contribution is -2.28. The molecule has 4 rings (SSSR count). The highest BCUT2D eigenvalue weighted by Gasteiger charge is 2.21. The van der Waals surface area contributed by atoms with Crippen molar-refractivity contribution in [1.82, 2.24) is 15.0 Å². The van der Waals surface area contributed by atoms with Crippen molar-refractivity contribution in [2.45, 2.75) is 39.7 Å². The molecule has 0 unspecified atom stereocenters. The highest BCUT2D eigenvalue weighted by atomic mass is 19.1. The van der Waals surface area contributed by atoms with E-state index in [4.69, 9.17) is 14.2 Å². The first kappa shape index (κ1) is 24.1. The molecule has 0 saturated carbocycles. The van der Waals surface area contributed by atoms with E-state index in [9.17, 15) is 9.18 Å². The third-order valence-corrected chi connectivity index (χ3v) is 5.03. The summed E-state index contributed by atoms with van der Waals surface area (Å²) >= 11 is 0. The minimum atomic E-state index is -0.806. The van der Waals surface area contributed by atoms with Gasteiger partial charge in [-0.1, -0.05) is 0 Å². The van der Waals surface area contributed by atoms with Crippen molar-refractivity contribution in [3.05, 3.63) is 59.0 Å². The number of nitrogens with zero attached hydrogens (tertiary/aromatic N) is 3. The van der Waals surface area contributed by atoms with E-state index in [1.807, 2.05) is 0 Å². The molecule has 3 aromatic heterocycles. The fourth-order valence-corrected chi connectivity index (χ4v) is 3.35. The second kappa shape index (κ2) is 9.69. The summed E-state index contributed by atoms with van der Waals surface area (Å²) in [5.74, 6) is -1.14. The molecule has 0 spiro atoms. The minimum Gasteiger partial charge on any atom is -0.484 e. The monoisotopic (exact) mass is 485 g/mol. The van der Waals surface area contributed by atoms with Gasteiger partial charge in [-0.05, 0) is 50.5 Å². The molecule has 9 nitrogen and oxygen atoms in total. The maximum Gasteiger partial charge on any atom is 0.413 e. The Morgan fingerprint density at radius 1 is 1.14 bits per heavy atom. The molecule has 2 N–H and O–H groups in total. The Labute approximate surface area is 200 Å². The SMILES string of the molecule is Cc1c(Cc2ccnc(NC(=O)OC(C)(C)C)c2F)cncc1Nc1nc2c(cc1F)OCCO2. The van der Waals surface area contributed by atoms with E-state index in [-0.39, 0.29) is 35.2 Å². The van der Waals surface area contributed by atoms with Gasteiger partial charge in [0.05, 0.1) is 11.9 Å². The van der Waals surface area contributed by atoms with Crippen molar-refractivity contribution in [1.29, 1.82) is 0 Å². The normalized spacial score (nSPS) is 12.7. The van der Waals surface area contributed by atoms with E-state index in [1.54, 1.807) is 33.9 Å². The van der Waals surface area contributed by atoms with E-state index in [0.717, 1.165) is 0 Å². The van der Waals surface area contributed by atoms with Gasteiger partial charge < -0.3 is 19.5 Å². The summed E-state index contributed by atoms with van der Waals surface area (Å²) in [6, 6.07) is 2.72. The number of hydrogen-bond acceptors (Lipinski definition) is 8. The van der Waals surface area contributed by atoms with Crippen molar-refractivity contribution >= 4 is 23.4 Å². The number of nitrogens with one attached hydrogen (secondary N) is 2. The Balaban J connectivity index is 1.55. The van der Waals surface area contributed by atoms with E-state index < -0.39 is 23.3 Å². The highest BCUT2D eigenvalue weighted by molar-refractivity contribution is 5.83. The topological polar surface area (TPSA) is 107 Å². The molecular formula is C24H25F2N5O4. The maximum atomic E-state index is 15.1. The average molecular weight is 485 g/mol. The number of anilines is 3. The van der Waals surface area contributed by atoms with Crippen LogP contribution < -0.4 is 20.1 Å². The summed E-state index contributed by atoms with van der Waals surface area (Å²) in [6.45, 7) is 7.56. The first-order valence-electron chi connectivity index (χ1n) is 10.9. The molecule has 11 heteroatoms. The van der Waals surface area contributed by atoms with Crippen LogP contribution in [0.3, 0.4) is 0 Å². The Bertz CT molecular complexity index is 1260. The lowest BCUT2D eigenvalue weighted by Gasteiger charge is -2.20. The van der Waals surface area contributed by atoms with Gasteiger partial charge in [-0.15, -0.1) is 0 Å². The highest BCUT2D eigenvalue weighted by Crippen LogP contribution is 2.33. The minimum absolute atomic E-state index is 0.0461. The van der Waals surface area contributed by atoms with Crippen LogP contribution in [0.2, 0.25) is 0 Å². The van der Waals surface area contributed by atoms with Gasteiger partial charge in [-0.25, -0.2) is 18.6 Å². The van der Waals surface area contributed by atoms with Crippen molar-refractivity contribution in [2.24, 2.45) is 0 Å². The second-order valence-electron chi connectivity index (χ2n) is 8.85. The molecule has 3 aromatic rings. The quantitative estimate of drug-likeness (QED) is 0.525. The van der Waals surface area contributed by atoms with E-state index >= 15 is 4.39 Å². The Hall–Kier alpha value is -4.02. The zero-order valence-electron chi connectivity index (χ0n) is 19.7. The van der Waals surface area contributed by atoms with Crippen LogP contribution in [0, 0.1) is 18.6 Å². The van der Waals surface area contributed by atoms with Crippen molar-refractivity contribution in [2.75, 3.05) is 23.8 Å². The molecule has 0 atom stereocenters. The first-order chi connectivity index (χ1) is 16.6. The van der Waals surface area contributed by atoms with Crippen LogP contribution in [0.1, 0.15) is 37.5 Å². The van der Waals surface area contributed by atoms with Gasteiger partial charge in [0, 0.05) is 24.9 Å². The van der Waals surface area contributed by atoms with Gasteiger partial charge >= 0.3 is 6.09 Å². The smallest absolute Gasteiger partial charge is 0.413 e. The number of amides is 1. The summed E-state index contributed by atoms with van der Waals surface area (Å²) in [7, 11) is 0. The third-order valence-electron chi connectivity index (χ3n) is 5.03. The number of fused-ring (bicyclic) bond motifs is 1. The molecule has 0 radical (unpaired) electrons. The van der Waals surface area contributed by atoms with Crippen molar-refractivity contribution < 1.29 is 27.8 Å². The number of carbonyl (C=O) groups is 1. The van der Waals surface area contributed by atoms with Crippen LogP contribution in [0.15, 0.2) is 30.7 Å². The van der Waals surface area contributed by atoms with Crippen LogP contribution in [-0.2, 0) is 11.2 Å². The van der Waals surface area contributed by atoms with Crippen molar-refractivity contribution in [3.8, 4) is 11.6 Å². The molecule has 184 valence electrons. The standard InChI is InChI=1S/C24H25F2N5O4/c1-13-15(9-14-5-6-28-21(19(14)26)31-23(32)35-24(2,3)4)11-27-12-17(13)29-20-16(25)10-18-22(30-20)34-8-7-33-18/h5-6,10-12H,7-9H2,1-4H3,(H,29,30)(H,28,31,32). The summed E-state index contributed by atoms with van der Waals surface area (Å²) in [5, 5.41) is 5.26. The fourth-order valence-electron chi connectivity index (χ4n) is 3.35. The van der Waals surface area contributed by atoms with Crippen LogP contribution in [-0.4, -0.2) is 39.9 Å². The molecule has 4 heterocycles. The Morgan fingerprint density at radius 3 is 2.69 bits per heavy atom. The molecule has 0 aliphatic carbocycles. The Morgan fingerprint density at radius 2 is 1.91 bits per heavy atom. The van der Waals surface area contributed by atoms with Crippen LogP contribution >= 0.6 is 0 Å². The predicted octanol–water partition coefficient (Wildman–Crippen LogP) is 4.91. The maximum absolute atomic E-state index is 15.1. The molecule has 0 bridgehead atoms. The van der Waals surface area contributed by atoms with Crippen LogP contribution in [0.4, 0.5) is 30.9 Å². The average Bonchev–Trinajstić information content (AvgIpc) is 2.78. The molecule has 1 aliphatic heterocycles. The number of hydrogen-bond donors (Lipinski definition) is 2. The zero-order chi connectivity index (χ0) is 25.2. The van der Waals surface area contributed by atoms with Gasteiger partial charge in [0.2, 0.25) is 0 Å². The Kier molecular flexibility index (Phi) is 6.68. The summed E-state index contributed by atoms with van der Waals surface area (Å²) < 4.78 is 45.6. The number of halogens is 2. The molecular weight excluding hydrogens is 460 g/mol. The van der Waals surface area contributed by atoms with Crippen molar-refractivity contribution in [3.63, 3.8) is 0 Å². The van der Waals surface area contributed by atoms with Crippen LogP contribution in [0.25, 0.3) is 0 Å². The molecule has 0 saturated heterocycles. The number of carbonyl (C=O) groups excluding carboxylic acids is 1. The molecule has 0 aromatic carbocycles. The third kappa shape index (κ3) is 5.73. The number of aromatic nitrogens is 3. The van der Waals surface area contributed by atoms with E-state index in [1.165, 1.54) is 24.5 Å². The summed E-state index contributed by atoms with van der Waals surface area (Å²) in [4.78, 5) is 24.3. The molecule has 1 amide bonds. The first-order valence-corrected chi connectivity index (χ1v) is 10.9. The van der Waals surface area contributed by atoms with E-state index in [2.05, 4.69) is 25.6 Å². The second-order valence-corrected chi connectivity index (χ2v) is 8.85. The summed E-state index contributed by atoms with van der Waals surface area (Å²) in [6.07, 6.45) is 3.86. The number of ether oxygens (including phenoxy) is 3. The lowest BCUT2D eigenvalue weighted by atomic mass is 10.0. The van der Waals surface area contributed by atoms with Gasteiger partial charge in [-0.2, -0.15) is 4.98 Å². The lowest BCUT2D eigenvalue weighted by molar-refractivity contribution is 0.0634. The van der Waals surface area contributed by atoms with Crippen LogP contribution in [0.5, 0.6) is 11.6 Å².